The van der Waals surface area contributed by atoms with E-state index in [-0.39, 0.29) is 0 Å². The maximum Gasteiger partial charge on any atom is 0.372 e. The molecule has 0 aliphatic carbocycles. The zero-order valence-corrected chi connectivity index (χ0v) is 6.79. The molecule has 68 valence electrons. The Kier molecular flexibility index (Phi) is 2.86. The van der Waals surface area contributed by atoms with Gasteiger partial charge >= 0.3 is 5.97 Å². The van der Waals surface area contributed by atoms with Crippen molar-refractivity contribution < 1.29 is 14.0 Å². The molecule has 0 spiro atoms. The van der Waals surface area contributed by atoms with Crippen molar-refractivity contribution in [3.8, 4) is 0 Å². The first-order valence-corrected chi connectivity index (χ1v) is 3.38. The average molecular weight is 205 g/mol. The fourth-order valence-corrected chi connectivity index (χ4v) is 0.817. The SMILES string of the molecule is O=NOC(=O)c1ccnc(Cl)c1F. The van der Waals surface area contributed by atoms with Crippen molar-refractivity contribution in [1.82, 2.24) is 4.98 Å². The molecule has 1 heterocycles. The van der Waals surface area contributed by atoms with E-state index in [1.807, 2.05) is 5.34 Å². The van der Waals surface area contributed by atoms with E-state index in [4.69, 9.17) is 11.6 Å². The number of halogens is 2. The number of carbonyl (C=O) groups is 1. The van der Waals surface area contributed by atoms with Gasteiger partial charge in [-0.05, 0) is 6.07 Å². The first kappa shape index (κ1) is 9.53. The Morgan fingerprint density at radius 3 is 3.00 bits per heavy atom. The highest BCUT2D eigenvalue weighted by atomic mass is 35.5. The van der Waals surface area contributed by atoms with E-state index in [9.17, 15) is 14.1 Å². The standard InChI is InChI=1S/C6H2ClFN2O3/c7-5-4(8)3(1-2-9-5)6(11)13-10-12/h1-2H. The molecule has 0 saturated carbocycles. The third-order valence-electron chi connectivity index (χ3n) is 1.19. The Balaban J connectivity index is 3.07. The van der Waals surface area contributed by atoms with Crippen LogP contribution in [0.3, 0.4) is 0 Å². The molecule has 7 heteroatoms. The van der Waals surface area contributed by atoms with Gasteiger partial charge in [0.25, 0.3) is 0 Å². The minimum Gasteiger partial charge on any atom is -0.279 e. The van der Waals surface area contributed by atoms with Gasteiger partial charge in [0.1, 0.15) is 5.56 Å². The second-order valence-electron chi connectivity index (χ2n) is 1.92. The van der Waals surface area contributed by atoms with Crippen molar-refractivity contribution in [2.45, 2.75) is 0 Å². The summed E-state index contributed by atoms with van der Waals surface area (Å²) in [4.78, 5) is 27.3. The Hall–Kier alpha value is -1.56. The second-order valence-corrected chi connectivity index (χ2v) is 2.27. The number of hydrogen-bond donors (Lipinski definition) is 0. The number of nitrogens with zero attached hydrogens (tertiary/aromatic N) is 2. The third kappa shape index (κ3) is 1.97. The topological polar surface area (TPSA) is 68.6 Å². The Bertz CT molecular complexity index is 358. The summed E-state index contributed by atoms with van der Waals surface area (Å²) in [5.74, 6) is -2.25. The molecule has 0 aliphatic heterocycles. The zero-order chi connectivity index (χ0) is 9.84. The zero-order valence-electron chi connectivity index (χ0n) is 6.03. The minimum absolute atomic E-state index is 0.472. The van der Waals surface area contributed by atoms with Crippen LogP contribution in [0.25, 0.3) is 0 Å². The molecule has 5 nitrogen and oxygen atoms in total. The van der Waals surface area contributed by atoms with Gasteiger partial charge in [0, 0.05) is 6.20 Å². The number of hydrogen-bond acceptors (Lipinski definition) is 5. The average Bonchev–Trinajstić information content (AvgIpc) is 2.10. The largest absolute Gasteiger partial charge is 0.372 e. The fraction of sp³-hybridized carbons (Fsp3) is 0. The van der Waals surface area contributed by atoms with Crippen LogP contribution in [0.4, 0.5) is 4.39 Å². The highest BCUT2D eigenvalue weighted by Crippen LogP contribution is 2.15. The lowest BCUT2D eigenvalue weighted by molar-refractivity contribution is 0.0503. The molecule has 0 radical (unpaired) electrons. The van der Waals surface area contributed by atoms with E-state index in [0.29, 0.717) is 0 Å². The monoisotopic (exact) mass is 204 g/mol. The van der Waals surface area contributed by atoms with Gasteiger partial charge in [-0.15, -0.1) is 4.91 Å². The lowest BCUT2D eigenvalue weighted by atomic mass is 10.3. The smallest absolute Gasteiger partial charge is 0.279 e. The van der Waals surface area contributed by atoms with Crippen molar-refractivity contribution in [3.05, 3.63) is 33.7 Å². The van der Waals surface area contributed by atoms with Crippen molar-refractivity contribution in [1.29, 1.82) is 0 Å². The number of pyridine rings is 1. The molecule has 0 unspecified atom stereocenters. The van der Waals surface area contributed by atoms with Crippen LogP contribution in [0.5, 0.6) is 0 Å². The molecule has 13 heavy (non-hydrogen) atoms. The van der Waals surface area contributed by atoms with Crippen LogP contribution in [0.15, 0.2) is 17.6 Å². The van der Waals surface area contributed by atoms with Crippen LogP contribution in [-0.4, -0.2) is 11.0 Å². The lowest BCUT2D eigenvalue weighted by Crippen LogP contribution is -2.04. The number of rotatable bonds is 2. The number of aromatic nitrogens is 1. The summed E-state index contributed by atoms with van der Waals surface area (Å²) < 4.78 is 12.9. The number of carbonyl (C=O) groups excluding carboxylic acids is 1. The van der Waals surface area contributed by atoms with Gasteiger partial charge in [-0.1, -0.05) is 11.6 Å². The van der Waals surface area contributed by atoms with Crippen LogP contribution in [0.1, 0.15) is 10.4 Å². The fourth-order valence-electron chi connectivity index (χ4n) is 0.659. The van der Waals surface area contributed by atoms with Crippen LogP contribution in [0.2, 0.25) is 5.15 Å². The predicted octanol–water partition coefficient (Wildman–Crippen LogP) is 1.71. The molecule has 0 N–H and O–H groups in total. The van der Waals surface area contributed by atoms with Crippen molar-refractivity contribution in [3.63, 3.8) is 0 Å². The van der Waals surface area contributed by atoms with E-state index >= 15 is 0 Å². The van der Waals surface area contributed by atoms with Crippen LogP contribution >= 0.6 is 11.6 Å². The molecule has 1 aromatic rings. The van der Waals surface area contributed by atoms with Gasteiger partial charge < -0.3 is 0 Å². The summed E-state index contributed by atoms with van der Waals surface area (Å²) >= 11 is 5.26. The Morgan fingerprint density at radius 2 is 2.38 bits per heavy atom. The molecular formula is C6H2ClFN2O3. The van der Waals surface area contributed by atoms with E-state index in [1.165, 1.54) is 0 Å². The van der Waals surface area contributed by atoms with Crippen LogP contribution in [0, 0.1) is 10.7 Å². The molecule has 0 atom stereocenters. The third-order valence-corrected chi connectivity index (χ3v) is 1.45. The van der Waals surface area contributed by atoms with Gasteiger partial charge in [-0.2, -0.15) is 0 Å². The molecule has 0 bridgehead atoms. The maximum atomic E-state index is 12.9. The second kappa shape index (κ2) is 3.90. The highest BCUT2D eigenvalue weighted by Gasteiger charge is 2.16. The summed E-state index contributed by atoms with van der Waals surface area (Å²) in [6.07, 6.45) is 1.10. The lowest BCUT2D eigenvalue weighted by Gasteiger charge is -1.97. The molecule has 0 amide bonds. The molecule has 1 rings (SSSR count). The molecule has 0 aliphatic rings. The summed E-state index contributed by atoms with van der Waals surface area (Å²) in [5.41, 5.74) is -0.486. The molecule has 0 aromatic carbocycles. The van der Waals surface area contributed by atoms with Gasteiger partial charge in [0.2, 0.25) is 0 Å². The molecule has 1 aromatic heterocycles. The van der Waals surface area contributed by atoms with Crippen LogP contribution in [-0.2, 0) is 4.84 Å². The van der Waals surface area contributed by atoms with Gasteiger partial charge in [-0.3, -0.25) is 4.84 Å². The normalized spacial score (nSPS) is 9.38. The van der Waals surface area contributed by atoms with Gasteiger partial charge in [-0.25, -0.2) is 14.2 Å². The predicted molar refractivity (Wildman–Crippen MR) is 40.4 cm³/mol. The van der Waals surface area contributed by atoms with E-state index in [2.05, 4.69) is 9.82 Å². The van der Waals surface area contributed by atoms with E-state index < -0.39 is 22.5 Å². The first-order chi connectivity index (χ1) is 6.16. The van der Waals surface area contributed by atoms with Crippen molar-refractivity contribution in [2.24, 2.45) is 5.34 Å². The summed E-state index contributed by atoms with van der Waals surface area (Å²) in [7, 11) is 0. The molecule has 0 fully saturated rings. The summed E-state index contributed by atoms with van der Waals surface area (Å²) in [6, 6.07) is 1.02. The molecular weight excluding hydrogens is 203 g/mol. The quantitative estimate of drug-likeness (QED) is 0.418. The summed E-state index contributed by atoms with van der Waals surface area (Å²) in [6.45, 7) is 0. The maximum absolute atomic E-state index is 12.9. The van der Waals surface area contributed by atoms with Crippen molar-refractivity contribution >= 4 is 17.6 Å². The summed E-state index contributed by atoms with van der Waals surface area (Å²) in [5, 5.41) is 1.38. The van der Waals surface area contributed by atoms with Crippen molar-refractivity contribution in [2.75, 3.05) is 0 Å². The van der Waals surface area contributed by atoms with Crippen LogP contribution < -0.4 is 0 Å². The van der Waals surface area contributed by atoms with Gasteiger partial charge in [0.05, 0.1) is 0 Å². The Labute approximate surface area is 76.4 Å². The van der Waals surface area contributed by atoms with Gasteiger partial charge in [0.15, 0.2) is 16.3 Å². The first-order valence-electron chi connectivity index (χ1n) is 3.01. The minimum atomic E-state index is -1.21. The highest BCUT2D eigenvalue weighted by molar-refractivity contribution is 6.29. The van der Waals surface area contributed by atoms with E-state index in [0.717, 1.165) is 12.3 Å². The Morgan fingerprint density at radius 1 is 1.69 bits per heavy atom. The van der Waals surface area contributed by atoms with E-state index in [1.54, 1.807) is 0 Å². The molecule has 0 saturated heterocycles.